The van der Waals surface area contributed by atoms with Gasteiger partial charge in [-0.1, -0.05) is 0 Å². The van der Waals surface area contributed by atoms with E-state index in [0.29, 0.717) is 5.76 Å². The number of carboxylic acid groups (broad SMARTS) is 1. The van der Waals surface area contributed by atoms with Crippen molar-refractivity contribution in [2.24, 2.45) is 0 Å². The lowest BCUT2D eigenvalue weighted by atomic mass is 10.2. The quantitative estimate of drug-likeness (QED) is 0.744. The Bertz CT molecular complexity index is 414. The molecule has 0 aromatic carbocycles. The van der Waals surface area contributed by atoms with Gasteiger partial charge in [0.05, 0.1) is 12.5 Å². The molecule has 1 aromatic heterocycles. The van der Waals surface area contributed by atoms with Crippen LogP contribution in [-0.2, 0) is 15.8 Å². The predicted molar refractivity (Wildman–Crippen MR) is 62.2 cm³/mol. The molecule has 0 aliphatic carbocycles. The maximum atomic E-state index is 12.0. The summed E-state index contributed by atoms with van der Waals surface area (Å²) in [5, 5.41) is 9.03. The molecular formula is C10H16NO5P. The molecule has 2 unspecified atom stereocenters. The summed E-state index contributed by atoms with van der Waals surface area (Å²) in [7, 11) is -0.550. The van der Waals surface area contributed by atoms with Crippen LogP contribution in [0.15, 0.2) is 22.8 Å². The molecule has 1 heterocycles. The third-order valence-electron chi connectivity index (χ3n) is 2.23. The average molecular weight is 261 g/mol. The highest BCUT2D eigenvalue weighted by atomic mass is 31.2. The molecule has 0 spiro atoms. The SMILES string of the molecule is CN(C)CP(=O)(O)C(Cc1ccco1)C(=O)O. The Labute approximate surface area is 99.3 Å². The molecule has 2 atom stereocenters. The van der Waals surface area contributed by atoms with Crippen LogP contribution in [0.2, 0.25) is 0 Å². The summed E-state index contributed by atoms with van der Waals surface area (Å²) in [6.07, 6.45) is 1.16. The van der Waals surface area contributed by atoms with Gasteiger partial charge < -0.3 is 19.3 Å². The van der Waals surface area contributed by atoms with Crippen LogP contribution in [0, 0.1) is 0 Å². The van der Waals surface area contributed by atoms with Gasteiger partial charge in [0.1, 0.15) is 11.4 Å². The van der Waals surface area contributed by atoms with E-state index >= 15 is 0 Å². The zero-order valence-electron chi connectivity index (χ0n) is 9.74. The summed E-state index contributed by atoms with van der Waals surface area (Å²) >= 11 is 0. The lowest BCUT2D eigenvalue weighted by molar-refractivity contribution is -0.136. The van der Waals surface area contributed by atoms with Crippen LogP contribution >= 0.6 is 7.37 Å². The van der Waals surface area contributed by atoms with Crippen molar-refractivity contribution in [2.45, 2.75) is 12.1 Å². The van der Waals surface area contributed by atoms with Crippen LogP contribution in [0.4, 0.5) is 0 Å². The molecule has 17 heavy (non-hydrogen) atoms. The van der Waals surface area contributed by atoms with Crippen LogP contribution in [0.25, 0.3) is 0 Å². The zero-order chi connectivity index (χ0) is 13.1. The fraction of sp³-hybridized carbons (Fsp3) is 0.500. The lowest BCUT2D eigenvalue weighted by Crippen LogP contribution is -2.28. The van der Waals surface area contributed by atoms with E-state index in [1.807, 2.05) is 0 Å². The second-order valence-corrected chi connectivity index (χ2v) is 6.53. The van der Waals surface area contributed by atoms with Gasteiger partial charge >= 0.3 is 5.97 Å². The molecule has 0 amide bonds. The monoisotopic (exact) mass is 261 g/mol. The minimum Gasteiger partial charge on any atom is -0.481 e. The fourth-order valence-corrected chi connectivity index (χ4v) is 3.34. The molecule has 0 radical (unpaired) electrons. The first-order valence-corrected chi connectivity index (χ1v) is 6.96. The highest BCUT2D eigenvalue weighted by Gasteiger charge is 2.38. The van der Waals surface area contributed by atoms with E-state index in [0.717, 1.165) is 0 Å². The van der Waals surface area contributed by atoms with Gasteiger partial charge in [-0.3, -0.25) is 9.36 Å². The van der Waals surface area contributed by atoms with Gasteiger partial charge in [0.25, 0.3) is 0 Å². The summed E-state index contributed by atoms with van der Waals surface area (Å²) in [6.45, 7) is 0. The van der Waals surface area contributed by atoms with Crippen molar-refractivity contribution in [1.82, 2.24) is 4.90 Å². The molecule has 96 valence electrons. The summed E-state index contributed by atoms with van der Waals surface area (Å²) in [6, 6.07) is 3.20. The Morgan fingerprint density at radius 3 is 2.65 bits per heavy atom. The molecule has 0 saturated heterocycles. The van der Waals surface area contributed by atoms with Gasteiger partial charge in [-0.25, -0.2) is 0 Å². The van der Waals surface area contributed by atoms with Crippen molar-refractivity contribution in [3.05, 3.63) is 24.2 Å². The molecule has 0 aliphatic rings. The number of aliphatic carboxylic acids is 1. The predicted octanol–water partition coefficient (Wildman–Crippen LogP) is 1.06. The highest BCUT2D eigenvalue weighted by molar-refractivity contribution is 7.59. The number of hydrogen-bond acceptors (Lipinski definition) is 4. The number of hydrogen-bond donors (Lipinski definition) is 2. The Kier molecular flexibility index (Phi) is 4.51. The molecular weight excluding hydrogens is 245 g/mol. The first-order chi connectivity index (χ1) is 7.83. The van der Waals surface area contributed by atoms with Gasteiger partial charge in [-0.05, 0) is 26.2 Å². The lowest BCUT2D eigenvalue weighted by Gasteiger charge is -2.21. The molecule has 0 bridgehead atoms. The largest absolute Gasteiger partial charge is 0.481 e. The summed E-state index contributed by atoms with van der Waals surface area (Å²) in [5.41, 5.74) is -1.34. The van der Waals surface area contributed by atoms with Crippen molar-refractivity contribution in [2.75, 3.05) is 20.4 Å². The van der Waals surface area contributed by atoms with E-state index in [1.165, 1.54) is 11.2 Å². The summed E-state index contributed by atoms with van der Waals surface area (Å²) in [4.78, 5) is 22.4. The standard InChI is InChI=1S/C10H16NO5P/c1-11(2)7-17(14,15)9(10(12)13)6-8-4-3-5-16-8/h3-5,9H,6-7H2,1-2H3,(H,12,13)(H,14,15). The van der Waals surface area contributed by atoms with E-state index in [4.69, 9.17) is 9.52 Å². The van der Waals surface area contributed by atoms with Gasteiger partial charge in [-0.2, -0.15) is 0 Å². The molecule has 0 aliphatic heterocycles. The van der Waals surface area contributed by atoms with E-state index in [1.54, 1.807) is 26.2 Å². The second-order valence-electron chi connectivity index (χ2n) is 4.11. The van der Waals surface area contributed by atoms with E-state index in [-0.39, 0.29) is 12.7 Å². The maximum Gasteiger partial charge on any atom is 0.316 e. The van der Waals surface area contributed by atoms with Crippen molar-refractivity contribution in [1.29, 1.82) is 0 Å². The topological polar surface area (TPSA) is 91.0 Å². The van der Waals surface area contributed by atoms with Gasteiger partial charge in [0.15, 0.2) is 0 Å². The van der Waals surface area contributed by atoms with Crippen molar-refractivity contribution in [3.63, 3.8) is 0 Å². The third-order valence-corrected chi connectivity index (χ3v) is 4.58. The Hall–Kier alpha value is -1.10. The van der Waals surface area contributed by atoms with Crippen LogP contribution in [0.1, 0.15) is 5.76 Å². The third kappa shape index (κ3) is 4.00. The normalized spacial score (nSPS) is 16.7. The zero-order valence-corrected chi connectivity index (χ0v) is 10.6. The number of rotatable bonds is 6. The molecule has 6 nitrogen and oxygen atoms in total. The smallest absolute Gasteiger partial charge is 0.316 e. The molecule has 0 saturated carbocycles. The van der Waals surface area contributed by atoms with E-state index in [9.17, 15) is 14.3 Å². The second kappa shape index (κ2) is 5.49. The van der Waals surface area contributed by atoms with E-state index in [2.05, 4.69) is 0 Å². The molecule has 0 fully saturated rings. The van der Waals surface area contributed by atoms with Crippen LogP contribution in [0.3, 0.4) is 0 Å². The Morgan fingerprint density at radius 1 is 1.59 bits per heavy atom. The number of carboxylic acids is 1. The van der Waals surface area contributed by atoms with Crippen LogP contribution < -0.4 is 0 Å². The summed E-state index contributed by atoms with van der Waals surface area (Å²) < 4.78 is 17.0. The first kappa shape index (κ1) is 14.0. The molecule has 1 aromatic rings. The Morgan fingerprint density at radius 2 is 2.24 bits per heavy atom. The fourth-order valence-electron chi connectivity index (χ4n) is 1.53. The number of nitrogens with zero attached hydrogens (tertiary/aromatic N) is 1. The maximum absolute atomic E-state index is 12.0. The number of furan rings is 1. The van der Waals surface area contributed by atoms with Crippen molar-refractivity contribution >= 4 is 13.3 Å². The summed E-state index contributed by atoms with van der Waals surface area (Å²) in [5.74, 6) is -0.889. The highest BCUT2D eigenvalue weighted by Crippen LogP contribution is 2.47. The number of carbonyl (C=O) groups is 1. The molecule has 2 N–H and O–H groups in total. The van der Waals surface area contributed by atoms with Gasteiger partial charge in [0.2, 0.25) is 7.37 Å². The minimum absolute atomic E-state index is 0.0794. The minimum atomic E-state index is -3.79. The van der Waals surface area contributed by atoms with Crippen molar-refractivity contribution in [3.8, 4) is 0 Å². The molecule has 7 heteroatoms. The van der Waals surface area contributed by atoms with Gasteiger partial charge in [0, 0.05) is 6.42 Å². The van der Waals surface area contributed by atoms with Crippen LogP contribution in [0.5, 0.6) is 0 Å². The van der Waals surface area contributed by atoms with E-state index < -0.39 is 19.0 Å². The first-order valence-electron chi connectivity index (χ1n) is 5.04. The molecule has 1 rings (SSSR count). The average Bonchev–Trinajstić information content (AvgIpc) is 2.63. The van der Waals surface area contributed by atoms with Gasteiger partial charge in [-0.15, -0.1) is 0 Å². The van der Waals surface area contributed by atoms with Crippen molar-refractivity contribution < 1.29 is 23.8 Å². The Balaban J connectivity index is 2.86. The van der Waals surface area contributed by atoms with Crippen LogP contribution in [-0.4, -0.2) is 46.9 Å².